The number of carboxylic acids is 1. The molecule has 19 heavy (non-hydrogen) atoms. The first-order valence-corrected chi connectivity index (χ1v) is 6.66. The van der Waals surface area contributed by atoms with Crippen LogP contribution in [0.4, 0.5) is 0 Å². The highest BCUT2D eigenvalue weighted by Gasteiger charge is 2.51. The number of rotatable bonds is 4. The number of fused-ring (bicyclic) bond motifs is 1. The molecule has 1 atom stereocenters. The van der Waals surface area contributed by atoms with Crippen LogP contribution in [0.1, 0.15) is 30.9 Å². The standard InChI is InChI=1S/C15H18N2O2/c1-16-13(15(14(18)19)7-4-8-15)11-9-17-12-6-3-2-5-10(11)12/h2-3,5-6,9,13,16-17H,4,7-8H2,1H3,(H,18,19). The van der Waals surface area contributed by atoms with Crippen molar-refractivity contribution < 1.29 is 9.90 Å². The molecule has 0 amide bonds. The molecule has 1 saturated carbocycles. The number of benzene rings is 1. The van der Waals surface area contributed by atoms with Crippen LogP contribution >= 0.6 is 0 Å². The first-order valence-electron chi connectivity index (χ1n) is 6.66. The van der Waals surface area contributed by atoms with E-state index in [0.29, 0.717) is 0 Å². The van der Waals surface area contributed by atoms with Crippen LogP contribution in [-0.4, -0.2) is 23.1 Å². The minimum absolute atomic E-state index is 0.144. The van der Waals surface area contributed by atoms with Crippen molar-refractivity contribution >= 4 is 16.9 Å². The van der Waals surface area contributed by atoms with E-state index in [2.05, 4.69) is 10.3 Å². The number of hydrogen-bond acceptors (Lipinski definition) is 2. The van der Waals surface area contributed by atoms with E-state index in [-0.39, 0.29) is 6.04 Å². The number of para-hydroxylation sites is 1. The molecule has 1 heterocycles. The Kier molecular flexibility index (Phi) is 2.82. The van der Waals surface area contributed by atoms with Crippen LogP contribution in [0.5, 0.6) is 0 Å². The molecule has 4 nitrogen and oxygen atoms in total. The predicted molar refractivity (Wildman–Crippen MR) is 74.0 cm³/mol. The number of carboxylic acid groups (broad SMARTS) is 1. The Morgan fingerprint density at radius 1 is 1.42 bits per heavy atom. The minimum atomic E-state index is -0.691. The Labute approximate surface area is 111 Å². The van der Waals surface area contributed by atoms with Gasteiger partial charge in [0.15, 0.2) is 0 Å². The molecule has 1 aromatic heterocycles. The van der Waals surface area contributed by atoms with Gasteiger partial charge in [-0.15, -0.1) is 0 Å². The first-order chi connectivity index (χ1) is 9.19. The SMILES string of the molecule is CNC(c1c[nH]c2ccccc12)C1(C(=O)O)CCC1. The normalized spacial score (nSPS) is 19.0. The van der Waals surface area contributed by atoms with Gasteiger partial charge in [-0.3, -0.25) is 4.79 Å². The Morgan fingerprint density at radius 2 is 2.16 bits per heavy atom. The molecular formula is C15H18N2O2. The van der Waals surface area contributed by atoms with Crippen molar-refractivity contribution in [2.45, 2.75) is 25.3 Å². The van der Waals surface area contributed by atoms with Gasteiger partial charge in [0.25, 0.3) is 0 Å². The molecule has 3 N–H and O–H groups in total. The summed E-state index contributed by atoms with van der Waals surface area (Å²) in [5.74, 6) is -0.691. The van der Waals surface area contributed by atoms with Gasteiger partial charge in [0, 0.05) is 17.1 Å². The van der Waals surface area contributed by atoms with Crippen LogP contribution < -0.4 is 5.32 Å². The average Bonchev–Trinajstić information content (AvgIpc) is 2.76. The van der Waals surface area contributed by atoms with Crippen LogP contribution in [0.2, 0.25) is 0 Å². The number of aliphatic carboxylic acids is 1. The van der Waals surface area contributed by atoms with Crippen molar-refractivity contribution in [1.82, 2.24) is 10.3 Å². The van der Waals surface area contributed by atoms with Crippen molar-refractivity contribution in [2.75, 3.05) is 7.05 Å². The zero-order chi connectivity index (χ0) is 13.5. The topological polar surface area (TPSA) is 65.1 Å². The van der Waals surface area contributed by atoms with Gasteiger partial charge in [-0.05, 0) is 31.5 Å². The molecule has 100 valence electrons. The van der Waals surface area contributed by atoms with E-state index in [0.717, 1.165) is 35.7 Å². The lowest BCUT2D eigenvalue weighted by molar-refractivity contribution is -0.157. The van der Waals surface area contributed by atoms with Crippen LogP contribution in [0.15, 0.2) is 30.5 Å². The van der Waals surface area contributed by atoms with Gasteiger partial charge in [0.05, 0.1) is 11.5 Å². The summed E-state index contributed by atoms with van der Waals surface area (Å²) in [6.07, 6.45) is 4.42. The first kappa shape index (κ1) is 12.2. The zero-order valence-electron chi connectivity index (χ0n) is 10.9. The van der Waals surface area contributed by atoms with E-state index >= 15 is 0 Å². The third kappa shape index (κ3) is 1.67. The quantitative estimate of drug-likeness (QED) is 0.790. The third-order valence-electron chi connectivity index (χ3n) is 4.45. The highest BCUT2D eigenvalue weighted by atomic mass is 16.4. The highest BCUT2D eigenvalue weighted by molar-refractivity contribution is 5.85. The van der Waals surface area contributed by atoms with Crippen molar-refractivity contribution in [1.29, 1.82) is 0 Å². The third-order valence-corrected chi connectivity index (χ3v) is 4.45. The second kappa shape index (κ2) is 4.38. The summed E-state index contributed by atoms with van der Waals surface area (Å²) in [4.78, 5) is 14.9. The highest BCUT2D eigenvalue weighted by Crippen LogP contribution is 2.51. The van der Waals surface area contributed by atoms with Gasteiger partial charge in [-0.1, -0.05) is 24.6 Å². The fourth-order valence-electron chi connectivity index (χ4n) is 3.25. The van der Waals surface area contributed by atoms with Gasteiger partial charge in [-0.25, -0.2) is 0 Å². The number of aromatic amines is 1. The second-order valence-electron chi connectivity index (χ2n) is 5.33. The van der Waals surface area contributed by atoms with Gasteiger partial charge < -0.3 is 15.4 Å². The Bertz CT molecular complexity index is 613. The zero-order valence-corrected chi connectivity index (χ0v) is 10.9. The summed E-state index contributed by atoms with van der Waals surface area (Å²) in [6.45, 7) is 0. The lowest BCUT2D eigenvalue weighted by Gasteiger charge is -2.44. The summed E-state index contributed by atoms with van der Waals surface area (Å²) >= 11 is 0. The minimum Gasteiger partial charge on any atom is -0.481 e. The maximum absolute atomic E-state index is 11.7. The van der Waals surface area contributed by atoms with Gasteiger partial charge in [0.1, 0.15) is 0 Å². The molecule has 1 fully saturated rings. The van der Waals surface area contributed by atoms with Gasteiger partial charge >= 0.3 is 5.97 Å². The molecule has 0 aliphatic heterocycles. The van der Waals surface area contributed by atoms with Crippen LogP contribution in [0, 0.1) is 5.41 Å². The smallest absolute Gasteiger partial charge is 0.311 e. The van der Waals surface area contributed by atoms with Gasteiger partial charge in [-0.2, -0.15) is 0 Å². The summed E-state index contributed by atoms with van der Waals surface area (Å²) in [5, 5.41) is 13.9. The molecular weight excluding hydrogens is 240 g/mol. The molecule has 1 aromatic carbocycles. The molecule has 0 bridgehead atoms. The Hall–Kier alpha value is -1.81. The monoisotopic (exact) mass is 258 g/mol. The lowest BCUT2D eigenvalue weighted by Crippen LogP contribution is -2.47. The molecule has 1 aliphatic carbocycles. The van der Waals surface area contributed by atoms with Crippen molar-refractivity contribution in [3.63, 3.8) is 0 Å². The molecule has 4 heteroatoms. The Morgan fingerprint density at radius 3 is 2.74 bits per heavy atom. The molecule has 1 aliphatic rings. The number of hydrogen-bond donors (Lipinski definition) is 3. The van der Waals surface area contributed by atoms with Crippen LogP contribution in [-0.2, 0) is 4.79 Å². The van der Waals surface area contributed by atoms with Crippen molar-refractivity contribution in [3.8, 4) is 0 Å². The average molecular weight is 258 g/mol. The molecule has 0 radical (unpaired) electrons. The second-order valence-corrected chi connectivity index (χ2v) is 5.33. The fourth-order valence-corrected chi connectivity index (χ4v) is 3.25. The molecule has 3 rings (SSSR count). The summed E-state index contributed by atoms with van der Waals surface area (Å²) in [5.41, 5.74) is 1.46. The van der Waals surface area contributed by atoms with Gasteiger partial charge in [0.2, 0.25) is 0 Å². The number of nitrogens with one attached hydrogen (secondary N) is 2. The van der Waals surface area contributed by atoms with E-state index < -0.39 is 11.4 Å². The molecule has 2 aromatic rings. The summed E-state index contributed by atoms with van der Waals surface area (Å²) < 4.78 is 0. The summed E-state index contributed by atoms with van der Waals surface area (Å²) in [7, 11) is 1.84. The molecule has 0 saturated heterocycles. The lowest BCUT2D eigenvalue weighted by atomic mass is 9.62. The fraction of sp³-hybridized carbons (Fsp3) is 0.400. The van der Waals surface area contributed by atoms with Crippen LogP contribution in [0.25, 0.3) is 10.9 Å². The molecule has 1 unspecified atom stereocenters. The van der Waals surface area contributed by atoms with E-state index in [1.54, 1.807) is 0 Å². The van der Waals surface area contributed by atoms with E-state index in [9.17, 15) is 9.90 Å². The molecule has 0 spiro atoms. The maximum atomic E-state index is 11.7. The number of aromatic nitrogens is 1. The van der Waals surface area contributed by atoms with Crippen molar-refractivity contribution in [3.05, 3.63) is 36.0 Å². The van der Waals surface area contributed by atoms with E-state index in [1.807, 2.05) is 37.5 Å². The van der Waals surface area contributed by atoms with E-state index in [1.165, 1.54) is 0 Å². The maximum Gasteiger partial charge on any atom is 0.311 e. The van der Waals surface area contributed by atoms with E-state index in [4.69, 9.17) is 0 Å². The Balaban J connectivity index is 2.10. The van der Waals surface area contributed by atoms with Crippen molar-refractivity contribution in [2.24, 2.45) is 5.41 Å². The largest absolute Gasteiger partial charge is 0.481 e. The predicted octanol–water partition coefficient (Wildman–Crippen LogP) is 2.68. The number of H-pyrrole nitrogens is 1. The van der Waals surface area contributed by atoms with Crippen LogP contribution in [0.3, 0.4) is 0 Å². The number of carbonyl (C=O) groups is 1. The summed E-state index contributed by atoms with van der Waals surface area (Å²) in [6, 6.07) is 7.88.